The average Bonchev–Trinajstić information content (AvgIpc) is 2.92. The van der Waals surface area contributed by atoms with Crippen LogP contribution in [0, 0.1) is 0 Å². The number of fused-ring (bicyclic) bond motifs is 2. The molecule has 0 amide bonds. The zero-order valence-corrected chi connectivity index (χ0v) is 10.6. The minimum atomic E-state index is -0.358. The van der Waals surface area contributed by atoms with Crippen LogP contribution < -0.4 is 0 Å². The van der Waals surface area contributed by atoms with Crippen LogP contribution >= 0.6 is 0 Å². The van der Waals surface area contributed by atoms with Crippen molar-refractivity contribution in [3.05, 3.63) is 58.5 Å². The van der Waals surface area contributed by atoms with Gasteiger partial charge in [-0.2, -0.15) is 0 Å². The minimum absolute atomic E-state index is 0.00972. The van der Waals surface area contributed by atoms with E-state index in [4.69, 9.17) is 4.42 Å². The summed E-state index contributed by atoms with van der Waals surface area (Å²) in [5, 5.41) is 0. The number of aldehydes is 1. The Kier molecular flexibility index (Phi) is 3.42. The molecular formula is C15H12O4. The van der Waals surface area contributed by atoms with Crippen LogP contribution in [0.15, 0.2) is 34.7 Å². The SMILES string of the molecule is CC.O=Cc1cc2c(o1)C(=O)c1ccccc1C2=O. The van der Waals surface area contributed by atoms with Crippen molar-refractivity contribution in [2.24, 2.45) is 0 Å². The van der Waals surface area contributed by atoms with Gasteiger partial charge in [0.25, 0.3) is 0 Å². The molecule has 0 atom stereocenters. The summed E-state index contributed by atoms with van der Waals surface area (Å²) in [5.41, 5.74) is 0.829. The molecular weight excluding hydrogens is 244 g/mol. The van der Waals surface area contributed by atoms with Crippen molar-refractivity contribution in [3.8, 4) is 0 Å². The molecule has 0 saturated carbocycles. The number of carbonyl (C=O) groups excluding carboxylic acids is 3. The molecule has 3 rings (SSSR count). The number of hydrogen-bond acceptors (Lipinski definition) is 4. The Bertz CT molecular complexity index is 612. The lowest BCUT2D eigenvalue weighted by molar-refractivity contribution is 0.0957. The summed E-state index contributed by atoms with van der Waals surface area (Å²) in [4.78, 5) is 34.7. The molecule has 0 unspecified atom stereocenters. The first-order chi connectivity index (χ1) is 9.22. The van der Waals surface area contributed by atoms with Crippen LogP contribution in [0.3, 0.4) is 0 Å². The Labute approximate surface area is 110 Å². The average molecular weight is 256 g/mol. The summed E-state index contributed by atoms with van der Waals surface area (Å²) in [6, 6.07) is 7.83. The number of furan rings is 1. The Morgan fingerprint density at radius 1 is 0.947 bits per heavy atom. The lowest BCUT2D eigenvalue weighted by Crippen LogP contribution is -2.18. The summed E-state index contributed by atoms with van der Waals surface area (Å²) < 4.78 is 5.06. The highest BCUT2D eigenvalue weighted by molar-refractivity contribution is 6.27. The summed E-state index contributed by atoms with van der Waals surface area (Å²) in [6.45, 7) is 4.00. The molecule has 1 heterocycles. The van der Waals surface area contributed by atoms with Crippen LogP contribution in [0.1, 0.15) is 56.4 Å². The fourth-order valence-corrected chi connectivity index (χ4v) is 1.95. The Hall–Kier alpha value is -2.49. The third-order valence-electron chi connectivity index (χ3n) is 2.73. The van der Waals surface area contributed by atoms with Crippen molar-refractivity contribution >= 4 is 17.9 Å². The molecule has 4 nitrogen and oxygen atoms in total. The fourth-order valence-electron chi connectivity index (χ4n) is 1.95. The monoisotopic (exact) mass is 256 g/mol. The van der Waals surface area contributed by atoms with Crippen molar-refractivity contribution < 1.29 is 18.8 Å². The van der Waals surface area contributed by atoms with Gasteiger partial charge in [0.05, 0.1) is 5.56 Å². The smallest absolute Gasteiger partial charge is 0.229 e. The van der Waals surface area contributed by atoms with Gasteiger partial charge < -0.3 is 4.42 Å². The molecule has 0 fully saturated rings. The maximum atomic E-state index is 12.1. The zero-order valence-electron chi connectivity index (χ0n) is 10.6. The molecule has 1 aliphatic carbocycles. The van der Waals surface area contributed by atoms with Gasteiger partial charge in [-0.3, -0.25) is 14.4 Å². The van der Waals surface area contributed by atoms with Crippen LogP contribution in [-0.2, 0) is 0 Å². The summed E-state index contributed by atoms with van der Waals surface area (Å²) in [5.74, 6) is -0.698. The molecule has 1 aromatic carbocycles. The molecule has 4 heteroatoms. The summed E-state index contributed by atoms with van der Waals surface area (Å²) in [6.07, 6.45) is 0.476. The highest BCUT2D eigenvalue weighted by Gasteiger charge is 2.33. The summed E-state index contributed by atoms with van der Waals surface area (Å²) in [7, 11) is 0. The standard InChI is InChI=1S/C13H6O4.C2H6/c14-6-7-5-10-11(15)8-3-1-2-4-9(8)12(16)13(10)17-7;1-2/h1-6H;1-2H3. The highest BCUT2D eigenvalue weighted by Crippen LogP contribution is 2.28. The van der Waals surface area contributed by atoms with E-state index in [1.807, 2.05) is 13.8 Å². The first kappa shape index (κ1) is 13.0. The van der Waals surface area contributed by atoms with E-state index >= 15 is 0 Å². The van der Waals surface area contributed by atoms with E-state index in [0.29, 0.717) is 17.4 Å². The van der Waals surface area contributed by atoms with E-state index in [9.17, 15) is 14.4 Å². The van der Waals surface area contributed by atoms with E-state index in [2.05, 4.69) is 0 Å². The predicted octanol–water partition coefficient (Wildman–Crippen LogP) is 2.89. The molecule has 19 heavy (non-hydrogen) atoms. The highest BCUT2D eigenvalue weighted by atomic mass is 16.4. The van der Waals surface area contributed by atoms with Crippen molar-refractivity contribution in [2.75, 3.05) is 0 Å². The Morgan fingerprint density at radius 3 is 2.11 bits per heavy atom. The van der Waals surface area contributed by atoms with E-state index in [-0.39, 0.29) is 28.7 Å². The minimum Gasteiger partial charge on any atom is -0.449 e. The quantitative estimate of drug-likeness (QED) is 0.628. The lowest BCUT2D eigenvalue weighted by Gasteiger charge is -2.11. The van der Waals surface area contributed by atoms with Crippen LogP contribution in [0.2, 0.25) is 0 Å². The molecule has 0 spiro atoms. The van der Waals surface area contributed by atoms with Crippen LogP contribution in [-0.4, -0.2) is 17.9 Å². The predicted molar refractivity (Wildman–Crippen MR) is 68.8 cm³/mol. The molecule has 1 aliphatic rings. The molecule has 96 valence electrons. The molecule has 0 bridgehead atoms. The van der Waals surface area contributed by atoms with E-state index in [0.717, 1.165) is 0 Å². The molecule has 0 radical (unpaired) electrons. The molecule has 0 N–H and O–H groups in total. The first-order valence-electron chi connectivity index (χ1n) is 6.00. The molecule has 0 saturated heterocycles. The van der Waals surface area contributed by atoms with Crippen molar-refractivity contribution in [2.45, 2.75) is 13.8 Å². The van der Waals surface area contributed by atoms with Crippen molar-refractivity contribution in [3.63, 3.8) is 0 Å². The van der Waals surface area contributed by atoms with Crippen molar-refractivity contribution in [1.29, 1.82) is 0 Å². The number of ketones is 2. The molecule has 0 aliphatic heterocycles. The molecule has 2 aromatic rings. The van der Waals surface area contributed by atoms with Gasteiger partial charge in [-0.25, -0.2) is 0 Å². The third kappa shape index (κ3) is 1.91. The van der Waals surface area contributed by atoms with Crippen LogP contribution in [0.5, 0.6) is 0 Å². The van der Waals surface area contributed by atoms with E-state index in [1.165, 1.54) is 6.07 Å². The zero-order chi connectivity index (χ0) is 14.0. The second-order valence-electron chi connectivity index (χ2n) is 3.71. The van der Waals surface area contributed by atoms with Gasteiger partial charge in [0.1, 0.15) is 0 Å². The Balaban J connectivity index is 0.000000637. The Morgan fingerprint density at radius 2 is 1.53 bits per heavy atom. The number of benzene rings is 1. The van der Waals surface area contributed by atoms with E-state index in [1.54, 1.807) is 24.3 Å². The van der Waals surface area contributed by atoms with Gasteiger partial charge in [-0.15, -0.1) is 0 Å². The van der Waals surface area contributed by atoms with Crippen LogP contribution in [0.4, 0.5) is 0 Å². The van der Waals surface area contributed by atoms with Gasteiger partial charge in [-0.05, 0) is 6.07 Å². The van der Waals surface area contributed by atoms with Gasteiger partial charge in [-0.1, -0.05) is 38.1 Å². The molecule has 1 aromatic heterocycles. The topological polar surface area (TPSA) is 64.3 Å². The van der Waals surface area contributed by atoms with Gasteiger partial charge in [0.2, 0.25) is 5.78 Å². The third-order valence-corrected chi connectivity index (χ3v) is 2.73. The fraction of sp³-hybridized carbons (Fsp3) is 0.133. The lowest BCUT2D eigenvalue weighted by atomic mass is 9.89. The number of rotatable bonds is 1. The van der Waals surface area contributed by atoms with Gasteiger partial charge >= 0.3 is 0 Å². The number of carbonyl (C=O) groups is 3. The summed E-state index contributed by atoms with van der Waals surface area (Å²) >= 11 is 0. The first-order valence-corrected chi connectivity index (χ1v) is 6.00. The maximum Gasteiger partial charge on any atom is 0.229 e. The van der Waals surface area contributed by atoms with Crippen LogP contribution in [0.25, 0.3) is 0 Å². The number of hydrogen-bond donors (Lipinski definition) is 0. The largest absolute Gasteiger partial charge is 0.449 e. The second-order valence-corrected chi connectivity index (χ2v) is 3.71. The van der Waals surface area contributed by atoms with Gasteiger partial charge in [0, 0.05) is 11.1 Å². The van der Waals surface area contributed by atoms with E-state index < -0.39 is 0 Å². The van der Waals surface area contributed by atoms with Gasteiger partial charge in [0.15, 0.2) is 23.6 Å². The second kappa shape index (κ2) is 5.02. The maximum absolute atomic E-state index is 12.1. The van der Waals surface area contributed by atoms with Crippen molar-refractivity contribution in [1.82, 2.24) is 0 Å². The normalized spacial score (nSPS) is 12.1.